The summed E-state index contributed by atoms with van der Waals surface area (Å²) in [5, 5.41) is 4.91. The highest BCUT2D eigenvalue weighted by atomic mass is 32.2. The second kappa shape index (κ2) is 12.1. The van der Waals surface area contributed by atoms with E-state index < -0.39 is 0 Å². The van der Waals surface area contributed by atoms with Gasteiger partial charge in [0, 0.05) is 0 Å². The van der Waals surface area contributed by atoms with E-state index in [4.69, 9.17) is 9.72 Å². The molecule has 1 aromatic heterocycles. The molecule has 0 aliphatic carbocycles. The van der Waals surface area contributed by atoms with Gasteiger partial charge in [0.05, 0.1) is 29.5 Å². The standard InChI is InChI=1S/C30H26N4O2S/c35-29(33-31-19-23-15-17-26(18-16-23)36-21-25-11-5-2-6-12-25)22-37-30-32-27-13-7-8-14-28(27)34(30)20-24-9-3-1-4-10-24/h1-19H,20-22H2,(H,33,35)/b31-19-. The number of hydrogen-bond acceptors (Lipinski definition) is 5. The van der Waals surface area contributed by atoms with Crippen LogP contribution >= 0.6 is 11.8 Å². The summed E-state index contributed by atoms with van der Waals surface area (Å²) in [4.78, 5) is 17.2. The van der Waals surface area contributed by atoms with Crippen LogP contribution in [0.1, 0.15) is 16.7 Å². The number of hydrazone groups is 1. The third kappa shape index (κ3) is 6.65. The number of carbonyl (C=O) groups is 1. The molecule has 1 heterocycles. The number of amides is 1. The van der Waals surface area contributed by atoms with Crippen LogP contribution in [0, 0.1) is 0 Å². The zero-order valence-corrected chi connectivity index (χ0v) is 21.0. The predicted molar refractivity (Wildman–Crippen MR) is 149 cm³/mol. The Morgan fingerprint density at radius 1 is 0.865 bits per heavy atom. The zero-order chi connectivity index (χ0) is 25.3. The highest BCUT2D eigenvalue weighted by Crippen LogP contribution is 2.25. The van der Waals surface area contributed by atoms with Crippen molar-refractivity contribution in [1.29, 1.82) is 0 Å². The van der Waals surface area contributed by atoms with Gasteiger partial charge in [-0.1, -0.05) is 84.6 Å². The number of para-hydroxylation sites is 2. The molecule has 0 atom stereocenters. The van der Waals surface area contributed by atoms with Crippen LogP contribution < -0.4 is 10.2 Å². The van der Waals surface area contributed by atoms with Crippen LogP contribution in [0.2, 0.25) is 0 Å². The van der Waals surface area contributed by atoms with Crippen molar-refractivity contribution in [3.8, 4) is 5.75 Å². The van der Waals surface area contributed by atoms with E-state index in [1.807, 2.05) is 91.0 Å². The molecule has 0 saturated carbocycles. The number of aromatic nitrogens is 2. The lowest BCUT2D eigenvalue weighted by molar-refractivity contribution is -0.118. The number of thioether (sulfide) groups is 1. The molecule has 0 aliphatic rings. The molecule has 0 bridgehead atoms. The number of ether oxygens (including phenoxy) is 1. The number of hydrogen-bond donors (Lipinski definition) is 1. The molecule has 1 N–H and O–H groups in total. The number of imidazole rings is 1. The summed E-state index contributed by atoms with van der Waals surface area (Å²) in [6.45, 7) is 1.20. The number of nitrogens with zero attached hydrogens (tertiary/aromatic N) is 3. The minimum absolute atomic E-state index is 0.192. The second-order valence-corrected chi connectivity index (χ2v) is 9.32. The van der Waals surface area contributed by atoms with Gasteiger partial charge in [-0.3, -0.25) is 4.79 Å². The van der Waals surface area contributed by atoms with E-state index in [-0.39, 0.29) is 11.7 Å². The van der Waals surface area contributed by atoms with Crippen molar-refractivity contribution in [3.05, 3.63) is 126 Å². The molecule has 7 heteroatoms. The molecule has 37 heavy (non-hydrogen) atoms. The van der Waals surface area contributed by atoms with Crippen LogP contribution in [0.5, 0.6) is 5.75 Å². The van der Waals surface area contributed by atoms with Crippen LogP contribution in [0.15, 0.2) is 119 Å². The fourth-order valence-corrected chi connectivity index (χ4v) is 4.62. The Balaban J connectivity index is 1.15. The van der Waals surface area contributed by atoms with E-state index in [1.54, 1.807) is 6.21 Å². The summed E-state index contributed by atoms with van der Waals surface area (Å²) >= 11 is 1.40. The maximum absolute atomic E-state index is 12.5. The Kier molecular flexibility index (Phi) is 7.93. The minimum Gasteiger partial charge on any atom is -0.489 e. The molecule has 0 radical (unpaired) electrons. The van der Waals surface area contributed by atoms with E-state index in [0.29, 0.717) is 13.2 Å². The van der Waals surface area contributed by atoms with Crippen molar-refractivity contribution >= 4 is 34.9 Å². The van der Waals surface area contributed by atoms with Gasteiger partial charge in [0.2, 0.25) is 0 Å². The van der Waals surface area contributed by atoms with Crippen molar-refractivity contribution in [2.45, 2.75) is 18.3 Å². The Bertz CT molecular complexity index is 1480. The van der Waals surface area contributed by atoms with Crippen molar-refractivity contribution < 1.29 is 9.53 Å². The highest BCUT2D eigenvalue weighted by molar-refractivity contribution is 7.99. The first-order valence-corrected chi connectivity index (χ1v) is 12.9. The summed E-state index contributed by atoms with van der Waals surface area (Å²) in [6.07, 6.45) is 1.62. The lowest BCUT2D eigenvalue weighted by Gasteiger charge is -2.09. The van der Waals surface area contributed by atoms with Crippen molar-refractivity contribution in [2.75, 3.05) is 5.75 Å². The minimum atomic E-state index is -0.192. The van der Waals surface area contributed by atoms with Crippen LogP contribution in [0.25, 0.3) is 11.0 Å². The molecular weight excluding hydrogens is 480 g/mol. The van der Waals surface area contributed by atoms with Crippen LogP contribution in [0.3, 0.4) is 0 Å². The van der Waals surface area contributed by atoms with Crippen molar-refractivity contribution in [1.82, 2.24) is 15.0 Å². The van der Waals surface area contributed by atoms with Gasteiger partial charge in [0.15, 0.2) is 5.16 Å². The van der Waals surface area contributed by atoms with E-state index in [1.165, 1.54) is 17.3 Å². The van der Waals surface area contributed by atoms with E-state index in [0.717, 1.165) is 33.1 Å². The van der Waals surface area contributed by atoms with Crippen LogP contribution in [0.4, 0.5) is 0 Å². The monoisotopic (exact) mass is 506 g/mol. The molecular formula is C30H26N4O2S. The smallest absolute Gasteiger partial charge is 0.250 e. The van der Waals surface area contributed by atoms with E-state index >= 15 is 0 Å². The molecule has 1 amide bonds. The van der Waals surface area contributed by atoms with Gasteiger partial charge in [-0.05, 0) is 53.1 Å². The molecule has 0 saturated heterocycles. The topological polar surface area (TPSA) is 68.5 Å². The maximum atomic E-state index is 12.5. The molecule has 0 unspecified atom stereocenters. The number of carbonyl (C=O) groups excluding carboxylic acids is 1. The Hall–Kier alpha value is -4.36. The van der Waals surface area contributed by atoms with Gasteiger partial charge in [0.25, 0.3) is 5.91 Å². The predicted octanol–water partition coefficient (Wildman–Crippen LogP) is 5.91. The van der Waals surface area contributed by atoms with E-state index in [9.17, 15) is 4.79 Å². The summed E-state index contributed by atoms with van der Waals surface area (Å²) in [6, 6.07) is 35.9. The zero-order valence-electron chi connectivity index (χ0n) is 20.2. The molecule has 0 spiro atoms. The average molecular weight is 507 g/mol. The lowest BCUT2D eigenvalue weighted by atomic mass is 10.2. The lowest BCUT2D eigenvalue weighted by Crippen LogP contribution is -2.20. The molecule has 5 rings (SSSR count). The van der Waals surface area contributed by atoms with Gasteiger partial charge in [-0.25, -0.2) is 10.4 Å². The maximum Gasteiger partial charge on any atom is 0.250 e. The number of rotatable bonds is 10. The first-order valence-electron chi connectivity index (χ1n) is 12.0. The Morgan fingerprint density at radius 3 is 2.30 bits per heavy atom. The van der Waals surface area contributed by atoms with Crippen LogP contribution in [-0.2, 0) is 17.9 Å². The highest BCUT2D eigenvalue weighted by Gasteiger charge is 2.13. The molecule has 184 valence electrons. The third-order valence-electron chi connectivity index (χ3n) is 5.67. The van der Waals surface area contributed by atoms with E-state index in [2.05, 4.69) is 33.3 Å². The average Bonchev–Trinajstić information content (AvgIpc) is 3.30. The quantitative estimate of drug-likeness (QED) is 0.145. The number of fused-ring (bicyclic) bond motifs is 1. The first kappa shape index (κ1) is 24.3. The second-order valence-electron chi connectivity index (χ2n) is 8.38. The fraction of sp³-hybridized carbons (Fsp3) is 0.100. The summed E-state index contributed by atoms with van der Waals surface area (Å²) in [7, 11) is 0. The summed E-state index contributed by atoms with van der Waals surface area (Å²) in [5.74, 6) is 0.795. The van der Waals surface area contributed by atoms with Gasteiger partial charge in [-0.15, -0.1) is 0 Å². The number of nitrogens with one attached hydrogen (secondary N) is 1. The first-order chi connectivity index (χ1) is 18.2. The normalized spacial score (nSPS) is 11.1. The number of benzene rings is 4. The van der Waals surface area contributed by atoms with Gasteiger partial charge in [0.1, 0.15) is 12.4 Å². The summed E-state index contributed by atoms with van der Waals surface area (Å²) in [5.41, 5.74) is 7.72. The van der Waals surface area contributed by atoms with Crippen LogP contribution in [-0.4, -0.2) is 27.4 Å². The SMILES string of the molecule is O=C(CSc1nc2ccccc2n1Cc1ccccc1)N/N=C\c1ccc(OCc2ccccc2)cc1. The van der Waals surface area contributed by atoms with Gasteiger partial charge < -0.3 is 9.30 Å². The van der Waals surface area contributed by atoms with Crippen molar-refractivity contribution in [3.63, 3.8) is 0 Å². The Labute approximate surface area is 220 Å². The largest absolute Gasteiger partial charge is 0.489 e. The van der Waals surface area contributed by atoms with Gasteiger partial charge >= 0.3 is 0 Å². The molecule has 6 nitrogen and oxygen atoms in total. The molecule has 0 aliphatic heterocycles. The molecule has 4 aromatic carbocycles. The van der Waals surface area contributed by atoms with Crippen molar-refractivity contribution in [2.24, 2.45) is 5.10 Å². The van der Waals surface area contributed by atoms with Gasteiger partial charge in [-0.2, -0.15) is 5.10 Å². The fourth-order valence-electron chi connectivity index (χ4n) is 3.81. The molecule has 0 fully saturated rings. The summed E-state index contributed by atoms with van der Waals surface area (Å²) < 4.78 is 7.95. The molecule has 5 aromatic rings. The third-order valence-corrected chi connectivity index (χ3v) is 6.64. The Morgan fingerprint density at radius 2 is 1.54 bits per heavy atom.